The molecule has 2 aromatic carbocycles. The van der Waals surface area contributed by atoms with Crippen molar-refractivity contribution in [3.8, 4) is 22.6 Å². The molecule has 0 amide bonds. The molecule has 0 aliphatic carbocycles. The van der Waals surface area contributed by atoms with Gasteiger partial charge in [0.25, 0.3) is 0 Å². The number of hydrogen-bond acceptors (Lipinski definition) is 7. The smallest absolute Gasteiger partial charge is 0.340 e. The molecule has 0 bridgehead atoms. The minimum absolute atomic E-state index is 0.182. The highest BCUT2D eigenvalue weighted by molar-refractivity contribution is 9.10. The second-order valence-electron chi connectivity index (χ2n) is 7.89. The van der Waals surface area contributed by atoms with Crippen LogP contribution in [0.15, 0.2) is 40.9 Å². The van der Waals surface area contributed by atoms with Crippen LogP contribution >= 0.6 is 15.9 Å². The van der Waals surface area contributed by atoms with Crippen molar-refractivity contribution in [3.05, 3.63) is 74.5 Å². The Labute approximate surface area is 213 Å². The van der Waals surface area contributed by atoms with E-state index in [1.54, 1.807) is 26.0 Å². The zero-order chi connectivity index (χ0) is 25.7. The number of benzene rings is 2. The summed E-state index contributed by atoms with van der Waals surface area (Å²) in [5.41, 5.74) is 4.31. The lowest BCUT2D eigenvalue weighted by Gasteiger charge is -2.20. The normalized spacial score (nSPS) is 10.6. The molecule has 0 spiro atoms. The molecule has 7 nitrogen and oxygen atoms in total. The van der Waals surface area contributed by atoms with Gasteiger partial charge in [0.2, 0.25) is 0 Å². The van der Waals surface area contributed by atoms with Gasteiger partial charge in [-0.3, -0.25) is 4.98 Å². The Morgan fingerprint density at radius 3 is 2.09 bits per heavy atom. The minimum Gasteiger partial charge on any atom is -0.490 e. The molecule has 0 saturated carbocycles. The molecule has 0 unspecified atom stereocenters. The van der Waals surface area contributed by atoms with Crippen LogP contribution < -0.4 is 9.47 Å². The SMILES string of the molecule is CCOc1cc(-c2c(C(=O)OC)c(C)nc(C)c2C(=O)OC)cc(Br)c1OCc1cccc(C)c1. The fraction of sp³-hybridized carbons (Fsp3) is 0.296. The quantitative estimate of drug-likeness (QED) is 0.324. The van der Waals surface area contributed by atoms with Gasteiger partial charge in [-0.1, -0.05) is 29.8 Å². The summed E-state index contributed by atoms with van der Waals surface area (Å²) < 4.78 is 22.7. The molecule has 3 rings (SSSR count). The number of hydrogen-bond donors (Lipinski definition) is 0. The molecular weight excluding hydrogens is 514 g/mol. The summed E-state index contributed by atoms with van der Waals surface area (Å²) in [6.45, 7) is 8.01. The Morgan fingerprint density at radius 2 is 1.54 bits per heavy atom. The van der Waals surface area contributed by atoms with Crippen molar-refractivity contribution in [2.75, 3.05) is 20.8 Å². The molecule has 184 valence electrons. The third kappa shape index (κ3) is 5.65. The molecule has 3 aromatic rings. The highest BCUT2D eigenvalue weighted by Crippen LogP contribution is 2.43. The van der Waals surface area contributed by atoms with Crippen LogP contribution in [0.3, 0.4) is 0 Å². The van der Waals surface area contributed by atoms with Crippen molar-refractivity contribution in [1.82, 2.24) is 4.98 Å². The van der Waals surface area contributed by atoms with Crippen molar-refractivity contribution in [2.45, 2.75) is 34.3 Å². The lowest BCUT2D eigenvalue weighted by molar-refractivity contribution is 0.0599. The van der Waals surface area contributed by atoms with Crippen LogP contribution in [0.1, 0.15) is 50.2 Å². The van der Waals surface area contributed by atoms with E-state index >= 15 is 0 Å². The number of carbonyl (C=O) groups is 2. The monoisotopic (exact) mass is 541 g/mol. The number of esters is 2. The number of ether oxygens (including phenoxy) is 4. The summed E-state index contributed by atoms with van der Waals surface area (Å²) in [7, 11) is 2.57. The number of nitrogens with zero attached hydrogens (tertiary/aromatic N) is 1. The third-order valence-electron chi connectivity index (χ3n) is 5.40. The van der Waals surface area contributed by atoms with E-state index in [9.17, 15) is 9.59 Å². The number of rotatable bonds is 8. The molecule has 0 atom stereocenters. The van der Waals surface area contributed by atoms with Crippen LogP contribution in [0, 0.1) is 20.8 Å². The fourth-order valence-electron chi connectivity index (χ4n) is 3.92. The maximum atomic E-state index is 12.8. The average molecular weight is 542 g/mol. The van der Waals surface area contributed by atoms with Gasteiger partial charge in [-0.05, 0) is 66.9 Å². The zero-order valence-corrected chi connectivity index (χ0v) is 22.2. The van der Waals surface area contributed by atoms with E-state index in [0.29, 0.717) is 51.7 Å². The molecule has 8 heteroatoms. The van der Waals surface area contributed by atoms with Crippen molar-refractivity contribution in [1.29, 1.82) is 0 Å². The molecule has 0 saturated heterocycles. The minimum atomic E-state index is -0.607. The van der Waals surface area contributed by atoms with Crippen LogP contribution in [0.2, 0.25) is 0 Å². The van der Waals surface area contributed by atoms with Gasteiger partial charge in [0.1, 0.15) is 6.61 Å². The van der Waals surface area contributed by atoms with Crippen LogP contribution in [-0.2, 0) is 16.1 Å². The van der Waals surface area contributed by atoms with Crippen LogP contribution in [0.25, 0.3) is 11.1 Å². The summed E-state index contributed by atoms with van der Waals surface area (Å²) in [5.74, 6) is -0.241. The predicted molar refractivity (Wildman–Crippen MR) is 136 cm³/mol. The molecular formula is C27H28BrNO6. The highest BCUT2D eigenvalue weighted by Gasteiger charge is 2.28. The Hall–Kier alpha value is -3.39. The van der Waals surface area contributed by atoms with Crippen LogP contribution in [0.4, 0.5) is 0 Å². The summed E-state index contributed by atoms with van der Waals surface area (Å²) in [6, 6.07) is 11.6. The number of halogens is 1. The van der Waals surface area contributed by atoms with Gasteiger partial charge < -0.3 is 18.9 Å². The summed E-state index contributed by atoms with van der Waals surface area (Å²) >= 11 is 3.59. The van der Waals surface area contributed by atoms with Gasteiger partial charge >= 0.3 is 11.9 Å². The number of pyridine rings is 1. The first-order valence-corrected chi connectivity index (χ1v) is 11.8. The topological polar surface area (TPSA) is 84.0 Å². The van der Waals surface area contributed by atoms with Gasteiger partial charge in [0.15, 0.2) is 11.5 Å². The third-order valence-corrected chi connectivity index (χ3v) is 5.99. The van der Waals surface area contributed by atoms with Gasteiger partial charge in [-0.2, -0.15) is 0 Å². The Kier molecular flexibility index (Phi) is 8.51. The number of aryl methyl sites for hydroxylation is 3. The first-order valence-electron chi connectivity index (χ1n) is 11.0. The van der Waals surface area contributed by atoms with Crippen LogP contribution in [0.5, 0.6) is 11.5 Å². The van der Waals surface area contributed by atoms with E-state index in [4.69, 9.17) is 18.9 Å². The average Bonchev–Trinajstić information content (AvgIpc) is 2.82. The molecule has 0 radical (unpaired) electrons. The van der Waals surface area contributed by atoms with E-state index in [-0.39, 0.29) is 11.1 Å². The summed E-state index contributed by atoms with van der Waals surface area (Å²) in [6.07, 6.45) is 0. The molecule has 35 heavy (non-hydrogen) atoms. The summed E-state index contributed by atoms with van der Waals surface area (Å²) in [4.78, 5) is 29.9. The second kappa shape index (κ2) is 11.4. The largest absolute Gasteiger partial charge is 0.490 e. The molecule has 1 aromatic heterocycles. The van der Waals surface area contributed by atoms with Crippen molar-refractivity contribution in [2.24, 2.45) is 0 Å². The first kappa shape index (κ1) is 26.2. The zero-order valence-electron chi connectivity index (χ0n) is 20.7. The maximum absolute atomic E-state index is 12.8. The van der Waals surface area contributed by atoms with Gasteiger partial charge in [0.05, 0.1) is 47.8 Å². The van der Waals surface area contributed by atoms with Gasteiger partial charge in [-0.25, -0.2) is 9.59 Å². The fourth-order valence-corrected chi connectivity index (χ4v) is 4.47. The molecule has 1 heterocycles. The van der Waals surface area contributed by atoms with E-state index in [1.807, 2.05) is 32.0 Å². The van der Waals surface area contributed by atoms with Gasteiger partial charge in [-0.15, -0.1) is 0 Å². The number of carbonyl (C=O) groups excluding carboxylic acids is 2. The lowest BCUT2D eigenvalue weighted by atomic mass is 9.92. The van der Waals surface area contributed by atoms with Crippen molar-refractivity contribution < 1.29 is 28.5 Å². The lowest BCUT2D eigenvalue weighted by Crippen LogP contribution is -2.16. The second-order valence-corrected chi connectivity index (χ2v) is 8.74. The first-order chi connectivity index (χ1) is 16.7. The molecule has 0 aliphatic rings. The van der Waals surface area contributed by atoms with E-state index in [2.05, 4.69) is 27.0 Å². The number of methoxy groups -OCH3 is 2. The van der Waals surface area contributed by atoms with E-state index in [0.717, 1.165) is 11.1 Å². The summed E-state index contributed by atoms with van der Waals surface area (Å²) in [5, 5.41) is 0. The van der Waals surface area contributed by atoms with Crippen LogP contribution in [-0.4, -0.2) is 37.7 Å². The number of aromatic nitrogens is 1. The van der Waals surface area contributed by atoms with Gasteiger partial charge in [0, 0.05) is 5.56 Å². The molecule has 0 N–H and O–H groups in total. The van der Waals surface area contributed by atoms with Crippen molar-refractivity contribution in [3.63, 3.8) is 0 Å². The van der Waals surface area contributed by atoms with E-state index < -0.39 is 11.9 Å². The standard InChI is InChI=1S/C27H28BrNO6/c1-7-34-21-13-19(12-20(28)25(21)35-14-18-10-8-9-15(2)11-18)24-22(26(30)32-5)16(3)29-17(4)23(24)27(31)33-6/h8-13H,7,14H2,1-6H3. The molecule has 0 fully saturated rings. The Balaban J connectivity index is 2.21. The predicted octanol–water partition coefficient (Wildman–Crippen LogP) is 5.99. The Morgan fingerprint density at radius 1 is 0.914 bits per heavy atom. The highest BCUT2D eigenvalue weighted by atomic mass is 79.9. The Bertz CT molecular complexity index is 1230. The molecule has 0 aliphatic heterocycles. The van der Waals surface area contributed by atoms with Crippen molar-refractivity contribution >= 4 is 27.9 Å². The van der Waals surface area contributed by atoms with E-state index in [1.165, 1.54) is 14.2 Å². The maximum Gasteiger partial charge on any atom is 0.340 e.